The van der Waals surface area contributed by atoms with Gasteiger partial charge in [0.1, 0.15) is 5.65 Å². The topological polar surface area (TPSA) is 79.3 Å². The van der Waals surface area contributed by atoms with Crippen LogP contribution < -0.4 is 0 Å². The zero-order valence-electron chi connectivity index (χ0n) is 12.5. The molecule has 0 spiro atoms. The Morgan fingerprint density at radius 1 is 1.22 bits per heavy atom. The molecule has 116 valence electrons. The molecule has 0 unspecified atom stereocenters. The summed E-state index contributed by atoms with van der Waals surface area (Å²) in [6, 6.07) is 8.90. The van der Waals surface area contributed by atoms with Crippen LogP contribution in [-0.4, -0.2) is 20.5 Å². The minimum Gasteiger partial charge on any atom is -0.476 e. The van der Waals surface area contributed by atoms with E-state index in [2.05, 4.69) is 15.2 Å². The molecule has 1 aromatic carbocycles. The number of imidazole rings is 1. The van der Waals surface area contributed by atoms with Gasteiger partial charge >= 0.3 is 5.97 Å². The summed E-state index contributed by atoms with van der Waals surface area (Å²) in [5.41, 5.74) is 2.82. The molecule has 0 fully saturated rings. The van der Waals surface area contributed by atoms with Gasteiger partial charge in [-0.05, 0) is 49.2 Å². The molecule has 3 rings (SSSR count). The minimum atomic E-state index is -1.15. The van der Waals surface area contributed by atoms with Crippen LogP contribution in [0.25, 0.3) is 5.65 Å². The highest BCUT2D eigenvalue weighted by atomic mass is 35.5. The molecule has 7 heteroatoms. The van der Waals surface area contributed by atoms with E-state index in [9.17, 15) is 9.90 Å². The standard InChI is InChI=1S/C16H13ClN4O2/c1-9-5-6-21-13(7-9)18-14(16(22)23)15(21)20-19-12-8-11(17)4-3-10(12)2/h3-8H,1-2H3,(H,22,23). The number of aryl methyl sites for hydroxylation is 2. The van der Waals surface area contributed by atoms with Crippen molar-refractivity contribution in [3.8, 4) is 0 Å². The van der Waals surface area contributed by atoms with E-state index in [0.717, 1.165) is 11.1 Å². The van der Waals surface area contributed by atoms with Gasteiger partial charge in [0.25, 0.3) is 0 Å². The summed E-state index contributed by atoms with van der Waals surface area (Å²) >= 11 is 5.96. The van der Waals surface area contributed by atoms with Crippen LogP contribution in [0.15, 0.2) is 46.8 Å². The van der Waals surface area contributed by atoms with Crippen LogP contribution in [-0.2, 0) is 0 Å². The van der Waals surface area contributed by atoms with Gasteiger partial charge in [-0.3, -0.25) is 4.40 Å². The average Bonchev–Trinajstić information content (AvgIpc) is 2.86. The highest BCUT2D eigenvalue weighted by molar-refractivity contribution is 6.30. The number of carboxylic acid groups (broad SMARTS) is 1. The van der Waals surface area contributed by atoms with Crippen LogP contribution in [0.3, 0.4) is 0 Å². The normalized spacial score (nSPS) is 11.4. The second-order valence-electron chi connectivity index (χ2n) is 5.15. The van der Waals surface area contributed by atoms with E-state index in [1.54, 1.807) is 28.8 Å². The zero-order valence-corrected chi connectivity index (χ0v) is 13.2. The fourth-order valence-electron chi connectivity index (χ4n) is 2.16. The van der Waals surface area contributed by atoms with Gasteiger partial charge in [-0.1, -0.05) is 17.7 Å². The number of azo groups is 1. The quantitative estimate of drug-likeness (QED) is 0.706. The van der Waals surface area contributed by atoms with Crippen molar-refractivity contribution in [2.75, 3.05) is 0 Å². The molecule has 0 saturated heterocycles. The maximum Gasteiger partial charge on any atom is 0.358 e. The summed E-state index contributed by atoms with van der Waals surface area (Å²) in [6.07, 6.45) is 1.73. The maximum atomic E-state index is 11.4. The SMILES string of the molecule is Cc1ccn2c(N=Nc3cc(Cl)ccc3C)c(C(=O)O)nc2c1. The molecule has 6 nitrogen and oxygen atoms in total. The third kappa shape index (κ3) is 2.93. The molecule has 1 N–H and O–H groups in total. The first-order valence-corrected chi connectivity index (χ1v) is 7.23. The van der Waals surface area contributed by atoms with Crippen molar-refractivity contribution >= 4 is 34.7 Å². The lowest BCUT2D eigenvalue weighted by atomic mass is 10.2. The van der Waals surface area contributed by atoms with Gasteiger partial charge in [0.15, 0.2) is 11.5 Å². The van der Waals surface area contributed by atoms with Crippen LogP contribution in [0.2, 0.25) is 5.02 Å². The first kappa shape index (κ1) is 15.2. The molecule has 0 aliphatic heterocycles. The molecule has 0 bridgehead atoms. The first-order valence-electron chi connectivity index (χ1n) is 6.85. The largest absolute Gasteiger partial charge is 0.476 e. The molecular weight excluding hydrogens is 316 g/mol. The maximum absolute atomic E-state index is 11.4. The lowest BCUT2D eigenvalue weighted by Gasteiger charge is -2.00. The summed E-state index contributed by atoms with van der Waals surface area (Å²) in [5, 5.41) is 18.1. The molecule has 0 saturated carbocycles. The number of hydrogen-bond acceptors (Lipinski definition) is 4. The first-order chi connectivity index (χ1) is 11.0. The number of rotatable bonds is 3. The summed E-state index contributed by atoms with van der Waals surface area (Å²) in [7, 11) is 0. The predicted molar refractivity (Wildman–Crippen MR) is 87.3 cm³/mol. The number of carboxylic acids is 1. The number of benzene rings is 1. The predicted octanol–water partition coefficient (Wildman–Crippen LogP) is 4.72. The van der Waals surface area contributed by atoms with Crippen LogP contribution in [0.1, 0.15) is 21.6 Å². The monoisotopic (exact) mass is 328 g/mol. The average molecular weight is 329 g/mol. The zero-order chi connectivity index (χ0) is 16.6. The number of aromatic carboxylic acids is 1. The highest BCUT2D eigenvalue weighted by Gasteiger charge is 2.18. The van der Waals surface area contributed by atoms with Crippen LogP contribution in [0.4, 0.5) is 11.5 Å². The molecule has 0 aliphatic carbocycles. The molecule has 0 radical (unpaired) electrons. The van der Waals surface area contributed by atoms with Gasteiger partial charge in [0.05, 0.1) is 5.69 Å². The van der Waals surface area contributed by atoms with Gasteiger partial charge < -0.3 is 5.11 Å². The number of pyridine rings is 1. The molecule has 2 aromatic heterocycles. The summed E-state index contributed by atoms with van der Waals surface area (Å²) < 4.78 is 1.60. The van der Waals surface area contributed by atoms with Crippen LogP contribution in [0.5, 0.6) is 0 Å². The van der Waals surface area contributed by atoms with E-state index in [-0.39, 0.29) is 11.5 Å². The molecule has 0 atom stereocenters. The smallest absolute Gasteiger partial charge is 0.358 e. The number of nitrogens with zero attached hydrogens (tertiary/aromatic N) is 4. The van der Waals surface area contributed by atoms with E-state index in [4.69, 9.17) is 11.6 Å². The molecule has 0 amide bonds. The number of halogens is 1. The van der Waals surface area contributed by atoms with E-state index in [0.29, 0.717) is 16.4 Å². The Balaban J connectivity index is 2.15. The lowest BCUT2D eigenvalue weighted by Crippen LogP contribution is -1.96. The van der Waals surface area contributed by atoms with Crippen molar-refractivity contribution in [3.63, 3.8) is 0 Å². The fraction of sp³-hybridized carbons (Fsp3) is 0.125. The van der Waals surface area contributed by atoms with E-state index < -0.39 is 5.97 Å². The number of fused-ring (bicyclic) bond motifs is 1. The van der Waals surface area contributed by atoms with E-state index in [1.165, 1.54) is 0 Å². The Hall–Kier alpha value is -2.73. The van der Waals surface area contributed by atoms with Crippen molar-refractivity contribution in [1.29, 1.82) is 0 Å². The van der Waals surface area contributed by atoms with Gasteiger partial charge in [-0.2, -0.15) is 0 Å². The number of hydrogen-bond donors (Lipinski definition) is 1. The molecular formula is C16H13ClN4O2. The second-order valence-corrected chi connectivity index (χ2v) is 5.59. The molecule has 2 heterocycles. The summed E-state index contributed by atoms with van der Waals surface area (Å²) in [4.78, 5) is 15.5. The Morgan fingerprint density at radius 3 is 2.74 bits per heavy atom. The Labute approximate surface area is 137 Å². The lowest BCUT2D eigenvalue weighted by molar-refractivity contribution is 0.0692. The second kappa shape index (κ2) is 5.81. The van der Waals surface area contributed by atoms with E-state index in [1.807, 2.05) is 26.0 Å². The van der Waals surface area contributed by atoms with Crippen LogP contribution in [0, 0.1) is 13.8 Å². The van der Waals surface area contributed by atoms with Crippen molar-refractivity contribution in [3.05, 3.63) is 58.4 Å². The Kier molecular flexibility index (Phi) is 3.83. The number of aromatic nitrogens is 2. The van der Waals surface area contributed by atoms with Gasteiger partial charge in [0.2, 0.25) is 0 Å². The third-order valence-electron chi connectivity index (χ3n) is 3.38. The molecule has 0 aliphatic rings. The van der Waals surface area contributed by atoms with Crippen molar-refractivity contribution in [2.24, 2.45) is 10.2 Å². The van der Waals surface area contributed by atoms with E-state index >= 15 is 0 Å². The third-order valence-corrected chi connectivity index (χ3v) is 3.62. The number of carbonyl (C=O) groups is 1. The summed E-state index contributed by atoms with van der Waals surface area (Å²) in [6.45, 7) is 3.78. The van der Waals surface area contributed by atoms with Crippen molar-refractivity contribution in [2.45, 2.75) is 13.8 Å². The Bertz CT molecular complexity index is 947. The van der Waals surface area contributed by atoms with Crippen molar-refractivity contribution < 1.29 is 9.90 Å². The molecule has 3 aromatic rings. The van der Waals surface area contributed by atoms with Gasteiger partial charge in [-0.15, -0.1) is 10.2 Å². The fourth-order valence-corrected chi connectivity index (χ4v) is 2.33. The summed E-state index contributed by atoms with van der Waals surface area (Å²) in [5.74, 6) is -0.977. The van der Waals surface area contributed by atoms with Crippen molar-refractivity contribution in [1.82, 2.24) is 9.38 Å². The molecule has 23 heavy (non-hydrogen) atoms. The van der Waals surface area contributed by atoms with Gasteiger partial charge in [0, 0.05) is 11.2 Å². The Morgan fingerprint density at radius 2 is 2.00 bits per heavy atom. The van der Waals surface area contributed by atoms with Gasteiger partial charge in [-0.25, -0.2) is 9.78 Å². The highest BCUT2D eigenvalue weighted by Crippen LogP contribution is 2.28. The van der Waals surface area contributed by atoms with Crippen LogP contribution >= 0.6 is 11.6 Å². The minimum absolute atomic E-state index is 0.140.